The van der Waals surface area contributed by atoms with Crippen LogP contribution in [0.1, 0.15) is 32.6 Å². The van der Waals surface area contributed by atoms with Crippen molar-refractivity contribution in [2.24, 2.45) is 17.8 Å². The molecule has 7 heteroatoms. The largest absolute Gasteiger partial charge is 0.378 e. The molecule has 3 N–H and O–H groups in total. The Morgan fingerprint density at radius 2 is 2.25 bits per heavy atom. The van der Waals surface area contributed by atoms with Crippen LogP contribution in [0.2, 0.25) is 0 Å². The SMILES string of the molecule is C[C@@H](Nc1ncnc(N)c1[N+](=O)[O-])[C@@H]1C[C@@H]2CC[C@@H]1C2. The number of hydrogen-bond acceptors (Lipinski definition) is 6. The summed E-state index contributed by atoms with van der Waals surface area (Å²) in [5.41, 5.74) is 5.36. The fourth-order valence-corrected chi connectivity index (χ4v) is 3.91. The van der Waals surface area contributed by atoms with Crippen LogP contribution in [0.25, 0.3) is 0 Å². The van der Waals surface area contributed by atoms with Gasteiger partial charge in [0.05, 0.1) is 4.92 Å². The van der Waals surface area contributed by atoms with E-state index < -0.39 is 4.92 Å². The Bertz CT molecular complexity index is 535. The third-order valence-electron chi connectivity index (χ3n) is 4.83. The molecule has 108 valence electrons. The second kappa shape index (κ2) is 4.88. The number of anilines is 2. The molecule has 0 spiro atoms. The van der Waals surface area contributed by atoms with Gasteiger partial charge in [0.2, 0.25) is 11.6 Å². The predicted octanol–water partition coefficient (Wildman–Crippen LogP) is 2.20. The first-order valence-electron chi connectivity index (χ1n) is 7.07. The smallest absolute Gasteiger partial charge is 0.352 e. The number of fused-ring (bicyclic) bond motifs is 2. The highest BCUT2D eigenvalue weighted by Crippen LogP contribution is 2.50. The van der Waals surface area contributed by atoms with Crippen molar-refractivity contribution in [1.82, 2.24) is 9.97 Å². The minimum atomic E-state index is -0.523. The molecule has 20 heavy (non-hydrogen) atoms. The van der Waals surface area contributed by atoms with Gasteiger partial charge in [-0.15, -0.1) is 0 Å². The second-order valence-corrected chi connectivity index (χ2v) is 5.98. The first-order valence-corrected chi connectivity index (χ1v) is 7.07. The van der Waals surface area contributed by atoms with E-state index in [0.717, 1.165) is 11.8 Å². The summed E-state index contributed by atoms with van der Waals surface area (Å²) in [7, 11) is 0. The Morgan fingerprint density at radius 1 is 1.45 bits per heavy atom. The maximum Gasteiger partial charge on any atom is 0.352 e. The molecule has 1 aromatic heterocycles. The molecule has 4 atom stereocenters. The van der Waals surface area contributed by atoms with Crippen molar-refractivity contribution in [2.75, 3.05) is 11.1 Å². The Hall–Kier alpha value is -1.92. The van der Waals surface area contributed by atoms with E-state index in [4.69, 9.17) is 5.73 Å². The molecule has 0 saturated heterocycles. The third kappa shape index (κ3) is 2.17. The molecule has 1 heterocycles. The number of rotatable bonds is 4. The Labute approximate surface area is 117 Å². The topological polar surface area (TPSA) is 107 Å². The standard InChI is InChI=1S/C13H19N5O2/c1-7(10-5-8-2-3-9(10)4-8)17-13-11(18(19)20)12(14)15-6-16-13/h6-10H,2-5H2,1H3,(H3,14,15,16,17)/t7-,8-,9-,10+/m1/s1. The van der Waals surface area contributed by atoms with Gasteiger partial charge >= 0.3 is 5.69 Å². The zero-order valence-electron chi connectivity index (χ0n) is 11.5. The van der Waals surface area contributed by atoms with Crippen molar-refractivity contribution >= 4 is 17.3 Å². The number of nitrogens with two attached hydrogens (primary N) is 1. The molecular weight excluding hydrogens is 258 g/mol. The van der Waals surface area contributed by atoms with Crippen LogP contribution in [0.5, 0.6) is 0 Å². The van der Waals surface area contributed by atoms with E-state index in [-0.39, 0.29) is 23.4 Å². The first-order chi connectivity index (χ1) is 9.56. The first kappa shape index (κ1) is 13.1. The molecule has 0 radical (unpaired) electrons. The molecule has 2 aliphatic rings. The number of nitrogens with zero attached hydrogens (tertiary/aromatic N) is 3. The highest BCUT2D eigenvalue weighted by molar-refractivity contribution is 5.67. The van der Waals surface area contributed by atoms with E-state index in [9.17, 15) is 10.1 Å². The molecule has 2 fully saturated rings. The molecular formula is C13H19N5O2. The fourth-order valence-electron chi connectivity index (χ4n) is 3.91. The van der Waals surface area contributed by atoms with Crippen molar-refractivity contribution in [1.29, 1.82) is 0 Å². The number of nitrogens with one attached hydrogen (secondary N) is 1. The van der Waals surface area contributed by atoms with Gasteiger partial charge in [0, 0.05) is 6.04 Å². The fraction of sp³-hybridized carbons (Fsp3) is 0.692. The second-order valence-electron chi connectivity index (χ2n) is 5.98. The van der Waals surface area contributed by atoms with Gasteiger partial charge in [0.25, 0.3) is 0 Å². The van der Waals surface area contributed by atoms with Crippen molar-refractivity contribution in [3.05, 3.63) is 16.4 Å². The highest BCUT2D eigenvalue weighted by Gasteiger charge is 2.42. The summed E-state index contributed by atoms with van der Waals surface area (Å²) in [6.45, 7) is 2.08. The van der Waals surface area contributed by atoms with Crippen molar-refractivity contribution in [3.63, 3.8) is 0 Å². The lowest BCUT2D eigenvalue weighted by Crippen LogP contribution is -2.30. The van der Waals surface area contributed by atoms with E-state index >= 15 is 0 Å². The number of nitrogen functional groups attached to an aromatic ring is 1. The molecule has 0 unspecified atom stereocenters. The molecule has 2 aliphatic carbocycles. The van der Waals surface area contributed by atoms with Crippen LogP contribution >= 0.6 is 0 Å². The quantitative estimate of drug-likeness (QED) is 0.645. The summed E-state index contributed by atoms with van der Waals surface area (Å²) >= 11 is 0. The normalized spacial score (nSPS) is 29.4. The third-order valence-corrected chi connectivity index (χ3v) is 4.83. The van der Waals surface area contributed by atoms with Gasteiger partial charge in [-0.3, -0.25) is 10.1 Å². The minimum absolute atomic E-state index is 0.0901. The van der Waals surface area contributed by atoms with E-state index in [1.165, 1.54) is 32.0 Å². The van der Waals surface area contributed by atoms with Crippen LogP contribution in [0.4, 0.5) is 17.3 Å². The van der Waals surface area contributed by atoms with Gasteiger partial charge in [-0.2, -0.15) is 0 Å². The average Bonchev–Trinajstić information content (AvgIpc) is 3.00. The molecule has 2 saturated carbocycles. The maximum absolute atomic E-state index is 11.1. The zero-order valence-corrected chi connectivity index (χ0v) is 11.5. The van der Waals surface area contributed by atoms with Gasteiger partial charge in [0.15, 0.2) is 0 Å². The van der Waals surface area contributed by atoms with E-state index in [0.29, 0.717) is 5.92 Å². The summed E-state index contributed by atoms with van der Waals surface area (Å²) in [6, 6.07) is 0.165. The predicted molar refractivity (Wildman–Crippen MR) is 75.1 cm³/mol. The Balaban J connectivity index is 1.78. The monoisotopic (exact) mass is 277 g/mol. The molecule has 0 aromatic carbocycles. The molecule has 1 aromatic rings. The lowest BCUT2D eigenvalue weighted by Gasteiger charge is -2.28. The van der Waals surface area contributed by atoms with Crippen LogP contribution in [0.15, 0.2) is 6.33 Å². The van der Waals surface area contributed by atoms with Crippen LogP contribution in [0.3, 0.4) is 0 Å². The highest BCUT2D eigenvalue weighted by atomic mass is 16.6. The van der Waals surface area contributed by atoms with Crippen molar-refractivity contribution in [2.45, 2.75) is 38.6 Å². The maximum atomic E-state index is 11.1. The van der Waals surface area contributed by atoms with Gasteiger partial charge in [-0.1, -0.05) is 6.42 Å². The molecule has 3 rings (SSSR count). The zero-order chi connectivity index (χ0) is 14.3. The average molecular weight is 277 g/mol. The summed E-state index contributed by atoms with van der Waals surface area (Å²) in [5, 5.41) is 14.3. The lowest BCUT2D eigenvalue weighted by atomic mass is 9.84. The summed E-state index contributed by atoms with van der Waals surface area (Å²) in [5.74, 6) is 2.32. The number of nitro groups is 1. The summed E-state index contributed by atoms with van der Waals surface area (Å²) in [4.78, 5) is 18.2. The number of hydrogen-bond donors (Lipinski definition) is 2. The number of aromatic nitrogens is 2. The van der Waals surface area contributed by atoms with E-state index in [2.05, 4.69) is 22.2 Å². The Kier molecular flexibility index (Phi) is 3.19. The van der Waals surface area contributed by atoms with E-state index in [1.54, 1.807) is 0 Å². The van der Waals surface area contributed by atoms with Crippen LogP contribution in [0, 0.1) is 27.9 Å². The molecule has 2 bridgehead atoms. The minimum Gasteiger partial charge on any atom is -0.378 e. The van der Waals surface area contributed by atoms with Crippen LogP contribution in [-0.4, -0.2) is 20.9 Å². The van der Waals surface area contributed by atoms with Crippen LogP contribution < -0.4 is 11.1 Å². The summed E-state index contributed by atoms with van der Waals surface area (Å²) in [6.07, 6.45) is 6.42. The van der Waals surface area contributed by atoms with Crippen molar-refractivity contribution < 1.29 is 4.92 Å². The Morgan fingerprint density at radius 3 is 2.85 bits per heavy atom. The van der Waals surface area contributed by atoms with Crippen molar-refractivity contribution in [3.8, 4) is 0 Å². The van der Waals surface area contributed by atoms with Gasteiger partial charge in [0.1, 0.15) is 6.33 Å². The van der Waals surface area contributed by atoms with Crippen LogP contribution in [-0.2, 0) is 0 Å². The van der Waals surface area contributed by atoms with Gasteiger partial charge in [-0.25, -0.2) is 9.97 Å². The van der Waals surface area contributed by atoms with Gasteiger partial charge < -0.3 is 11.1 Å². The lowest BCUT2D eigenvalue weighted by molar-refractivity contribution is -0.383. The van der Waals surface area contributed by atoms with E-state index in [1.807, 2.05) is 0 Å². The summed E-state index contributed by atoms with van der Waals surface area (Å²) < 4.78 is 0. The molecule has 7 nitrogen and oxygen atoms in total. The van der Waals surface area contributed by atoms with Gasteiger partial charge in [-0.05, 0) is 43.9 Å². The molecule has 0 amide bonds. The molecule has 0 aliphatic heterocycles.